The summed E-state index contributed by atoms with van der Waals surface area (Å²) in [6.45, 7) is 0. The molecular formula is C48H31N3O2. The van der Waals surface area contributed by atoms with E-state index in [1.54, 1.807) is 6.07 Å². The van der Waals surface area contributed by atoms with Gasteiger partial charge in [-0.3, -0.25) is 9.55 Å². The molecule has 0 saturated heterocycles. The fraction of sp³-hybridized carbons (Fsp3) is 0. The number of aromatic hydroxyl groups is 1. The average Bonchev–Trinajstić information content (AvgIpc) is 3.80. The Kier molecular flexibility index (Phi) is 7.22. The van der Waals surface area contributed by atoms with E-state index in [4.69, 9.17) is 14.4 Å². The number of aromatic nitrogens is 3. The third kappa shape index (κ3) is 5.17. The van der Waals surface area contributed by atoms with Crippen molar-refractivity contribution in [3.8, 4) is 67.5 Å². The maximum atomic E-state index is 11.2. The van der Waals surface area contributed by atoms with Crippen LogP contribution in [0.4, 0.5) is 0 Å². The third-order valence-electron chi connectivity index (χ3n) is 9.98. The molecule has 0 unspecified atom stereocenters. The molecule has 0 aliphatic carbocycles. The van der Waals surface area contributed by atoms with Crippen LogP contribution in [-0.4, -0.2) is 19.6 Å². The number of phenols is 1. The van der Waals surface area contributed by atoms with Crippen LogP contribution in [0.3, 0.4) is 0 Å². The van der Waals surface area contributed by atoms with E-state index >= 15 is 0 Å². The summed E-state index contributed by atoms with van der Waals surface area (Å²) in [4.78, 5) is 10.3. The second-order valence-corrected chi connectivity index (χ2v) is 13.1. The summed E-state index contributed by atoms with van der Waals surface area (Å²) in [6.07, 6.45) is 1.86. The molecule has 0 atom stereocenters. The molecule has 0 radical (unpaired) electrons. The molecule has 0 spiro atoms. The van der Waals surface area contributed by atoms with E-state index in [-0.39, 0.29) is 5.75 Å². The minimum atomic E-state index is 0.168. The van der Waals surface area contributed by atoms with Gasteiger partial charge in [0.25, 0.3) is 0 Å². The van der Waals surface area contributed by atoms with Crippen LogP contribution in [-0.2, 0) is 0 Å². The van der Waals surface area contributed by atoms with Gasteiger partial charge in [0.1, 0.15) is 22.9 Å². The van der Waals surface area contributed by atoms with Gasteiger partial charge in [-0.25, -0.2) is 4.98 Å². The van der Waals surface area contributed by atoms with E-state index in [1.807, 2.05) is 66.9 Å². The molecule has 53 heavy (non-hydrogen) atoms. The van der Waals surface area contributed by atoms with E-state index in [2.05, 4.69) is 114 Å². The van der Waals surface area contributed by atoms with Crippen molar-refractivity contribution in [3.63, 3.8) is 0 Å². The molecule has 0 bridgehead atoms. The first-order valence-corrected chi connectivity index (χ1v) is 17.6. The first kappa shape index (κ1) is 30.6. The van der Waals surface area contributed by atoms with Crippen molar-refractivity contribution in [2.75, 3.05) is 0 Å². The molecule has 5 nitrogen and oxygen atoms in total. The molecular weight excluding hydrogens is 651 g/mol. The molecule has 10 rings (SSSR count). The molecule has 1 N–H and O–H groups in total. The lowest BCUT2D eigenvalue weighted by Crippen LogP contribution is -2.00. The third-order valence-corrected chi connectivity index (χ3v) is 9.98. The number of fused-ring (bicyclic) bond motifs is 4. The monoisotopic (exact) mass is 681 g/mol. The molecule has 0 fully saturated rings. The second kappa shape index (κ2) is 12.5. The summed E-state index contributed by atoms with van der Waals surface area (Å²) >= 11 is 0. The second-order valence-electron chi connectivity index (χ2n) is 13.1. The minimum Gasteiger partial charge on any atom is -0.507 e. The number of hydrogen-bond acceptors (Lipinski definition) is 4. The smallest absolute Gasteiger partial charge is 0.161 e. The van der Waals surface area contributed by atoms with Gasteiger partial charge in [-0.05, 0) is 76.9 Å². The zero-order chi connectivity index (χ0) is 35.3. The van der Waals surface area contributed by atoms with Gasteiger partial charge in [-0.1, -0.05) is 121 Å². The van der Waals surface area contributed by atoms with E-state index in [0.29, 0.717) is 11.4 Å². The molecule has 10 aromatic rings. The van der Waals surface area contributed by atoms with Gasteiger partial charge in [0.05, 0.1) is 22.3 Å². The van der Waals surface area contributed by atoms with Crippen molar-refractivity contribution in [2.24, 2.45) is 0 Å². The van der Waals surface area contributed by atoms with Crippen LogP contribution in [0.2, 0.25) is 0 Å². The molecule has 3 heterocycles. The number of pyridine rings is 1. The maximum Gasteiger partial charge on any atom is 0.161 e. The van der Waals surface area contributed by atoms with Gasteiger partial charge in [0.2, 0.25) is 0 Å². The highest BCUT2D eigenvalue weighted by Crippen LogP contribution is 2.42. The number of hydrogen-bond donors (Lipinski definition) is 1. The number of para-hydroxylation sites is 4. The first-order valence-electron chi connectivity index (χ1n) is 17.6. The van der Waals surface area contributed by atoms with E-state index in [1.165, 1.54) is 0 Å². The van der Waals surface area contributed by atoms with Gasteiger partial charge in [0.15, 0.2) is 5.58 Å². The summed E-state index contributed by atoms with van der Waals surface area (Å²) in [5, 5.41) is 13.3. The summed E-state index contributed by atoms with van der Waals surface area (Å²) in [5.41, 5.74) is 12.9. The largest absolute Gasteiger partial charge is 0.507 e. The van der Waals surface area contributed by atoms with Crippen LogP contribution in [0, 0.1) is 0 Å². The van der Waals surface area contributed by atoms with Gasteiger partial charge in [0, 0.05) is 33.7 Å². The predicted molar refractivity (Wildman–Crippen MR) is 215 cm³/mol. The molecule has 250 valence electrons. The van der Waals surface area contributed by atoms with Gasteiger partial charge >= 0.3 is 0 Å². The Morgan fingerprint density at radius 2 is 1.15 bits per heavy atom. The first-order chi connectivity index (χ1) is 26.2. The van der Waals surface area contributed by atoms with Crippen LogP contribution in [0.5, 0.6) is 5.75 Å². The molecule has 0 aliphatic rings. The predicted octanol–water partition coefficient (Wildman–Crippen LogP) is 12.4. The fourth-order valence-corrected chi connectivity index (χ4v) is 7.52. The van der Waals surface area contributed by atoms with Crippen LogP contribution in [0.25, 0.3) is 94.7 Å². The van der Waals surface area contributed by atoms with E-state index in [0.717, 1.165) is 83.3 Å². The molecule has 5 heteroatoms. The number of rotatable bonds is 6. The van der Waals surface area contributed by atoms with Crippen molar-refractivity contribution < 1.29 is 9.52 Å². The quantitative estimate of drug-likeness (QED) is 0.190. The van der Waals surface area contributed by atoms with Crippen LogP contribution >= 0.6 is 0 Å². The number of furan rings is 1. The Labute approximate surface area is 305 Å². The lowest BCUT2D eigenvalue weighted by molar-refractivity contribution is 0.477. The van der Waals surface area contributed by atoms with Gasteiger partial charge in [-0.15, -0.1) is 0 Å². The molecule has 0 saturated carbocycles. The van der Waals surface area contributed by atoms with Crippen LogP contribution in [0.1, 0.15) is 0 Å². The van der Waals surface area contributed by atoms with Crippen molar-refractivity contribution in [1.29, 1.82) is 0 Å². The zero-order valence-electron chi connectivity index (χ0n) is 28.5. The van der Waals surface area contributed by atoms with Crippen molar-refractivity contribution >= 4 is 33.0 Å². The summed E-state index contributed by atoms with van der Waals surface area (Å²) < 4.78 is 8.65. The normalized spacial score (nSPS) is 11.5. The highest BCUT2D eigenvalue weighted by Gasteiger charge is 2.22. The molecule has 0 amide bonds. The lowest BCUT2D eigenvalue weighted by atomic mass is 9.94. The Hall–Kier alpha value is -7.24. The highest BCUT2D eigenvalue weighted by molar-refractivity contribution is 6.09. The summed E-state index contributed by atoms with van der Waals surface area (Å²) in [7, 11) is 0. The number of phenolic OH excluding ortho intramolecular Hbond substituents is 1. The van der Waals surface area contributed by atoms with E-state index in [9.17, 15) is 5.11 Å². The number of imidazole rings is 1. The van der Waals surface area contributed by atoms with Crippen molar-refractivity contribution in [3.05, 3.63) is 182 Å². The summed E-state index contributed by atoms with van der Waals surface area (Å²) in [6, 6.07) is 59.6. The molecule has 0 aliphatic heterocycles. The molecule has 3 aromatic heterocycles. The fourth-order valence-electron chi connectivity index (χ4n) is 7.52. The maximum absolute atomic E-state index is 11.2. The minimum absolute atomic E-state index is 0.168. The summed E-state index contributed by atoms with van der Waals surface area (Å²) in [5.74, 6) is 0.822. The Balaban J connectivity index is 1.26. The SMILES string of the molecule is Oc1ccccc1-c1nc2c(-c3cc(-c4ccccc4)cc(-c4nccc5c4oc4ccccc45)c3)cccc2n1-c1ccccc1-c1ccccc1. The standard InChI is InChI=1S/C48H31N3O2/c52-43-24-11-8-20-40(43)48-50-46-37(21-13-23-42(46)51(48)41-22-10-7-18-36(41)32-16-5-2-6-17-32)34-28-33(31-14-3-1-4-15-31)29-35(30-34)45-47-39(26-27-49-45)38-19-9-12-25-44(38)53-47/h1-30,52H. The number of nitrogens with zero attached hydrogens (tertiary/aromatic N) is 3. The average molecular weight is 682 g/mol. The topological polar surface area (TPSA) is 64.1 Å². The van der Waals surface area contributed by atoms with E-state index < -0.39 is 0 Å². The Morgan fingerprint density at radius 1 is 0.491 bits per heavy atom. The zero-order valence-corrected chi connectivity index (χ0v) is 28.5. The van der Waals surface area contributed by atoms with Gasteiger partial charge < -0.3 is 9.52 Å². The number of benzene rings is 7. The van der Waals surface area contributed by atoms with Crippen molar-refractivity contribution in [2.45, 2.75) is 0 Å². The van der Waals surface area contributed by atoms with Crippen LogP contribution < -0.4 is 0 Å². The van der Waals surface area contributed by atoms with Crippen molar-refractivity contribution in [1.82, 2.24) is 14.5 Å². The Bertz CT molecular complexity index is 2960. The Morgan fingerprint density at radius 3 is 1.98 bits per heavy atom. The highest BCUT2D eigenvalue weighted by atomic mass is 16.3. The van der Waals surface area contributed by atoms with Crippen LogP contribution in [0.15, 0.2) is 187 Å². The lowest BCUT2D eigenvalue weighted by Gasteiger charge is -2.15. The molecule has 7 aromatic carbocycles. The van der Waals surface area contributed by atoms with Gasteiger partial charge in [-0.2, -0.15) is 0 Å².